The maximum absolute atomic E-state index is 14.3. The number of amides is 2. The minimum atomic E-state index is -0.399. The van der Waals surface area contributed by atoms with E-state index in [2.05, 4.69) is 9.88 Å². The van der Waals surface area contributed by atoms with Gasteiger partial charge in [-0.25, -0.2) is 9.18 Å². The van der Waals surface area contributed by atoms with Crippen LogP contribution < -0.4 is 5.32 Å². The number of benzene rings is 1. The largest absolute Gasteiger partial charge is 0.348 e. The zero-order chi connectivity index (χ0) is 15.7. The number of carbonyl (C=O) groups excluding carboxylic acids is 1. The third-order valence-corrected chi connectivity index (χ3v) is 3.91. The first-order valence-electron chi connectivity index (χ1n) is 7.54. The molecule has 0 bridgehead atoms. The summed E-state index contributed by atoms with van der Waals surface area (Å²) in [5.74, 6) is -0.288. The van der Waals surface area contributed by atoms with E-state index < -0.39 is 6.04 Å². The van der Waals surface area contributed by atoms with Gasteiger partial charge in [0.25, 0.3) is 0 Å². The number of fused-ring (bicyclic) bond motifs is 1. The predicted molar refractivity (Wildman–Crippen MR) is 83.0 cm³/mol. The summed E-state index contributed by atoms with van der Waals surface area (Å²) in [6, 6.07) is 10.0. The number of halogens is 1. The first kappa shape index (κ1) is 14.6. The van der Waals surface area contributed by atoms with E-state index >= 15 is 0 Å². The molecule has 2 amide bonds. The molecule has 2 heterocycles. The third-order valence-electron chi connectivity index (χ3n) is 3.91. The van der Waals surface area contributed by atoms with Crippen LogP contribution in [0.25, 0.3) is 0 Å². The first-order chi connectivity index (χ1) is 10.6. The molecule has 0 saturated heterocycles. The fraction of sp³-hybridized carbons (Fsp3) is 0.353. The third kappa shape index (κ3) is 2.58. The van der Waals surface area contributed by atoms with Crippen LogP contribution in [0, 0.1) is 5.82 Å². The molecule has 1 aromatic carbocycles. The lowest BCUT2D eigenvalue weighted by molar-refractivity contribution is 0.165. The molecule has 0 radical (unpaired) electrons. The summed E-state index contributed by atoms with van der Waals surface area (Å²) in [4.78, 5) is 14.2. The second-order valence-electron chi connectivity index (χ2n) is 5.85. The van der Waals surface area contributed by atoms with Crippen molar-refractivity contribution >= 4 is 6.03 Å². The number of hydrogen-bond acceptors (Lipinski definition) is 1. The van der Waals surface area contributed by atoms with Gasteiger partial charge in [0.2, 0.25) is 0 Å². The number of rotatable bonds is 2. The number of hydrogen-bond donors (Lipinski definition) is 1. The SMILES string of the molecule is CC(C)NC(=O)N1CCn2cccc2C1c1ccccc1F. The van der Waals surface area contributed by atoms with Gasteiger partial charge in [-0.05, 0) is 32.0 Å². The number of carbonyl (C=O) groups is 1. The van der Waals surface area contributed by atoms with Crippen molar-refractivity contribution in [3.63, 3.8) is 0 Å². The van der Waals surface area contributed by atoms with Crippen molar-refractivity contribution in [2.75, 3.05) is 6.54 Å². The highest BCUT2D eigenvalue weighted by atomic mass is 19.1. The van der Waals surface area contributed by atoms with Gasteiger partial charge in [0.1, 0.15) is 11.9 Å². The van der Waals surface area contributed by atoms with Crippen molar-refractivity contribution in [1.82, 2.24) is 14.8 Å². The van der Waals surface area contributed by atoms with Gasteiger partial charge < -0.3 is 14.8 Å². The molecule has 0 spiro atoms. The molecular weight excluding hydrogens is 281 g/mol. The number of nitrogens with one attached hydrogen (secondary N) is 1. The zero-order valence-electron chi connectivity index (χ0n) is 12.8. The van der Waals surface area contributed by atoms with Gasteiger partial charge in [0.15, 0.2) is 0 Å². The second-order valence-corrected chi connectivity index (χ2v) is 5.85. The van der Waals surface area contributed by atoms with Crippen molar-refractivity contribution in [3.05, 3.63) is 59.7 Å². The van der Waals surface area contributed by atoms with Crippen molar-refractivity contribution < 1.29 is 9.18 Å². The topological polar surface area (TPSA) is 37.3 Å². The Kier molecular flexibility index (Phi) is 3.88. The molecule has 0 aliphatic carbocycles. The monoisotopic (exact) mass is 301 g/mol. The molecular formula is C17H20FN3O. The molecule has 116 valence electrons. The molecule has 0 saturated carbocycles. The van der Waals surface area contributed by atoms with E-state index in [1.54, 1.807) is 23.1 Å². The normalized spacial score (nSPS) is 17.5. The summed E-state index contributed by atoms with van der Waals surface area (Å²) in [7, 11) is 0. The van der Waals surface area contributed by atoms with E-state index in [9.17, 15) is 9.18 Å². The summed E-state index contributed by atoms with van der Waals surface area (Å²) in [5.41, 5.74) is 1.47. The van der Waals surface area contributed by atoms with Gasteiger partial charge in [-0.1, -0.05) is 18.2 Å². The van der Waals surface area contributed by atoms with E-state index in [0.29, 0.717) is 12.1 Å². The van der Waals surface area contributed by atoms with Gasteiger partial charge in [-0.2, -0.15) is 0 Å². The standard InChI is InChI=1S/C17H20FN3O/c1-12(2)19-17(22)21-11-10-20-9-5-8-15(20)16(21)13-6-3-4-7-14(13)18/h3-9,12,16H,10-11H2,1-2H3,(H,19,22). The van der Waals surface area contributed by atoms with Gasteiger partial charge in [0, 0.05) is 36.6 Å². The lowest BCUT2D eigenvalue weighted by atomic mass is 9.99. The highest BCUT2D eigenvalue weighted by molar-refractivity contribution is 5.75. The average Bonchev–Trinajstić information content (AvgIpc) is 2.94. The minimum absolute atomic E-state index is 0.0440. The smallest absolute Gasteiger partial charge is 0.318 e. The van der Waals surface area contributed by atoms with Crippen LogP contribution in [0.15, 0.2) is 42.6 Å². The van der Waals surface area contributed by atoms with E-state index in [1.165, 1.54) is 6.07 Å². The Morgan fingerprint density at radius 1 is 1.23 bits per heavy atom. The van der Waals surface area contributed by atoms with Crippen LogP contribution in [0.2, 0.25) is 0 Å². The van der Waals surface area contributed by atoms with E-state index in [4.69, 9.17) is 0 Å². The highest BCUT2D eigenvalue weighted by Gasteiger charge is 2.33. The van der Waals surface area contributed by atoms with Crippen LogP contribution in [0.5, 0.6) is 0 Å². The summed E-state index contributed by atoms with van der Waals surface area (Å²) in [6.45, 7) is 5.11. The fourth-order valence-corrected chi connectivity index (χ4v) is 2.96. The molecule has 1 aliphatic heterocycles. The van der Waals surface area contributed by atoms with Gasteiger partial charge >= 0.3 is 6.03 Å². The molecule has 4 nitrogen and oxygen atoms in total. The van der Waals surface area contributed by atoms with Crippen molar-refractivity contribution in [2.24, 2.45) is 0 Å². The molecule has 1 N–H and O–H groups in total. The average molecular weight is 301 g/mol. The highest BCUT2D eigenvalue weighted by Crippen LogP contribution is 2.33. The van der Waals surface area contributed by atoms with Gasteiger partial charge in [-0.15, -0.1) is 0 Å². The molecule has 1 atom stereocenters. The Morgan fingerprint density at radius 2 is 2.00 bits per heavy atom. The molecule has 0 fully saturated rings. The van der Waals surface area contributed by atoms with E-state index in [-0.39, 0.29) is 17.9 Å². The zero-order valence-corrected chi connectivity index (χ0v) is 12.8. The summed E-state index contributed by atoms with van der Waals surface area (Å²) in [6.07, 6.45) is 1.97. The Hall–Kier alpha value is -2.30. The summed E-state index contributed by atoms with van der Waals surface area (Å²) in [5, 5.41) is 2.91. The van der Waals surface area contributed by atoms with Crippen molar-refractivity contribution in [1.29, 1.82) is 0 Å². The number of nitrogens with zero attached hydrogens (tertiary/aromatic N) is 2. The first-order valence-corrected chi connectivity index (χ1v) is 7.54. The minimum Gasteiger partial charge on any atom is -0.348 e. The van der Waals surface area contributed by atoms with Crippen LogP contribution in [0.3, 0.4) is 0 Å². The molecule has 1 aliphatic rings. The molecule has 3 rings (SSSR count). The number of aromatic nitrogens is 1. The van der Waals surface area contributed by atoms with Crippen LogP contribution >= 0.6 is 0 Å². The van der Waals surface area contributed by atoms with Crippen LogP contribution in [0.1, 0.15) is 31.1 Å². The lowest BCUT2D eigenvalue weighted by Crippen LogP contribution is -2.49. The molecule has 1 aromatic heterocycles. The van der Waals surface area contributed by atoms with Crippen molar-refractivity contribution in [3.8, 4) is 0 Å². The maximum Gasteiger partial charge on any atom is 0.318 e. The van der Waals surface area contributed by atoms with Gasteiger partial charge in [0.05, 0.1) is 0 Å². The van der Waals surface area contributed by atoms with Gasteiger partial charge in [-0.3, -0.25) is 0 Å². The quantitative estimate of drug-likeness (QED) is 0.909. The van der Waals surface area contributed by atoms with Crippen LogP contribution in [-0.4, -0.2) is 28.1 Å². The second kappa shape index (κ2) is 5.83. The van der Waals surface area contributed by atoms with E-state index in [0.717, 1.165) is 12.2 Å². The Labute approximate surface area is 129 Å². The lowest BCUT2D eigenvalue weighted by Gasteiger charge is -2.37. The van der Waals surface area contributed by atoms with Crippen molar-refractivity contribution in [2.45, 2.75) is 32.5 Å². The molecule has 1 unspecified atom stereocenters. The maximum atomic E-state index is 14.3. The molecule has 5 heteroatoms. The fourth-order valence-electron chi connectivity index (χ4n) is 2.96. The summed E-state index contributed by atoms with van der Waals surface area (Å²) >= 11 is 0. The predicted octanol–water partition coefficient (Wildman–Crippen LogP) is 3.15. The Balaban J connectivity index is 2.04. The van der Waals surface area contributed by atoms with Crippen LogP contribution in [-0.2, 0) is 6.54 Å². The molecule has 22 heavy (non-hydrogen) atoms. The Bertz CT molecular complexity index is 680. The van der Waals surface area contributed by atoms with Crippen LogP contribution in [0.4, 0.5) is 9.18 Å². The Morgan fingerprint density at radius 3 is 2.73 bits per heavy atom. The number of urea groups is 1. The summed E-state index contributed by atoms with van der Waals surface area (Å²) < 4.78 is 16.4. The molecule has 2 aromatic rings. The van der Waals surface area contributed by atoms with E-state index in [1.807, 2.05) is 32.2 Å².